The fourth-order valence-corrected chi connectivity index (χ4v) is 0.975. The Morgan fingerprint density at radius 1 is 1.38 bits per heavy atom. The Labute approximate surface area is 93.8 Å². The van der Waals surface area contributed by atoms with Crippen LogP contribution in [0.4, 0.5) is 0 Å². The molecule has 1 radical (unpaired) electrons. The predicted molar refractivity (Wildman–Crippen MR) is 53.1 cm³/mol. The van der Waals surface area contributed by atoms with Gasteiger partial charge in [-0.25, -0.2) is 9.59 Å². The SMILES string of the molecule is CCCC(O[C]=O)C(=O)OCCC(=O)OC. The maximum Gasteiger partial charge on any atom is 0.418 e. The molecule has 1 unspecified atom stereocenters. The number of rotatable bonds is 8. The first-order valence-corrected chi connectivity index (χ1v) is 4.91. The zero-order valence-electron chi connectivity index (χ0n) is 9.36. The molecule has 0 heterocycles. The van der Waals surface area contributed by atoms with Crippen molar-refractivity contribution in [3.63, 3.8) is 0 Å². The Morgan fingerprint density at radius 2 is 2.06 bits per heavy atom. The fourth-order valence-electron chi connectivity index (χ4n) is 0.975. The summed E-state index contributed by atoms with van der Waals surface area (Å²) >= 11 is 0. The van der Waals surface area contributed by atoms with Crippen LogP contribution in [-0.2, 0) is 28.6 Å². The number of ether oxygens (including phenoxy) is 3. The van der Waals surface area contributed by atoms with E-state index in [9.17, 15) is 14.4 Å². The summed E-state index contributed by atoms with van der Waals surface area (Å²) in [7, 11) is 1.24. The lowest BCUT2D eigenvalue weighted by Crippen LogP contribution is -2.27. The third-order valence-corrected chi connectivity index (χ3v) is 1.78. The molecular formula is C10H15O6. The quantitative estimate of drug-likeness (QED) is 0.443. The van der Waals surface area contributed by atoms with Crippen LogP contribution in [-0.4, -0.2) is 38.2 Å². The summed E-state index contributed by atoms with van der Waals surface area (Å²) in [6, 6.07) is 0. The van der Waals surface area contributed by atoms with Gasteiger partial charge >= 0.3 is 18.4 Å². The van der Waals surface area contributed by atoms with E-state index in [0.717, 1.165) is 0 Å². The summed E-state index contributed by atoms with van der Waals surface area (Å²) in [6.45, 7) is 2.95. The van der Waals surface area contributed by atoms with Gasteiger partial charge in [-0.1, -0.05) is 13.3 Å². The van der Waals surface area contributed by atoms with Gasteiger partial charge in [-0.15, -0.1) is 0 Å². The highest BCUT2D eigenvalue weighted by Gasteiger charge is 2.20. The van der Waals surface area contributed by atoms with Gasteiger partial charge in [0, 0.05) is 0 Å². The molecule has 0 N–H and O–H groups in total. The van der Waals surface area contributed by atoms with E-state index in [1.54, 1.807) is 0 Å². The molecule has 0 aromatic carbocycles. The lowest BCUT2D eigenvalue weighted by Gasteiger charge is -2.12. The van der Waals surface area contributed by atoms with Crippen LogP contribution in [0.25, 0.3) is 0 Å². The van der Waals surface area contributed by atoms with Gasteiger partial charge in [-0.05, 0) is 6.42 Å². The van der Waals surface area contributed by atoms with Crippen LogP contribution in [0.3, 0.4) is 0 Å². The first kappa shape index (κ1) is 14.4. The van der Waals surface area contributed by atoms with E-state index in [1.165, 1.54) is 13.6 Å². The number of carbonyl (C=O) groups excluding carboxylic acids is 3. The summed E-state index contributed by atoms with van der Waals surface area (Å²) in [4.78, 5) is 32.0. The molecule has 0 rings (SSSR count). The van der Waals surface area contributed by atoms with Gasteiger partial charge in [0.15, 0.2) is 6.10 Å². The fraction of sp³-hybridized carbons (Fsp3) is 0.700. The van der Waals surface area contributed by atoms with Crippen molar-refractivity contribution in [3.8, 4) is 0 Å². The van der Waals surface area contributed by atoms with Gasteiger partial charge in [0.2, 0.25) is 0 Å². The van der Waals surface area contributed by atoms with Crippen molar-refractivity contribution in [1.29, 1.82) is 0 Å². The molecule has 0 bridgehead atoms. The molecule has 0 spiro atoms. The zero-order valence-corrected chi connectivity index (χ0v) is 9.36. The lowest BCUT2D eigenvalue weighted by molar-refractivity contribution is -0.155. The second-order valence-electron chi connectivity index (χ2n) is 2.97. The minimum atomic E-state index is -0.944. The second kappa shape index (κ2) is 8.70. The first-order chi connectivity index (χ1) is 7.65. The molecule has 91 valence electrons. The topological polar surface area (TPSA) is 78.9 Å². The predicted octanol–water partition coefficient (Wildman–Crippen LogP) is 0.345. The molecule has 0 aliphatic heterocycles. The van der Waals surface area contributed by atoms with E-state index >= 15 is 0 Å². The third-order valence-electron chi connectivity index (χ3n) is 1.78. The van der Waals surface area contributed by atoms with Crippen molar-refractivity contribution < 1.29 is 28.6 Å². The van der Waals surface area contributed by atoms with E-state index in [1.807, 2.05) is 6.92 Å². The standard InChI is InChI=1S/C10H15O6/c1-3-4-8(16-7-11)10(13)15-6-5-9(12)14-2/h8H,3-6H2,1-2H3. The molecule has 0 aromatic heterocycles. The highest BCUT2D eigenvalue weighted by Crippen LogP contribution is 2.04. The zero-order chi connectivity index (χ0) is 12.4. The van der Waals surface area contributed by atoms with Crippen LogP contribution in [0.2, 0.25) is 0 Å². The van der Waals surface area contributed by atoms with Crippen LogP contribution >= 0.6 is 0 Å². The van der Waals surface area contributed by atoms with E-state index < -0.39 is 18.0 Å². The highest BCUT2D eigenvalue weighted by atomic mass is 16.6. The van der Waals surface area contributed by atoms with Crippen molar-refractivity contribution in [2.24, 2.45) is 0 Å². The number of carbonyl (C=O) groups is 2. The molecule has 6 heteroatoms. The van der Waals surface area contributed by atoms with Crippen molar-refractivity contribution in [1.82, 2.24) is 0 Å². The Hall–Kier alpha value is -1.59. The van der Waals surface area contributed by atoms with E-state index in [2.05, 4.69) is 9.47 Å². The number of methoxy groups -OCH3 is 1. The van der Waals surface area contributed by atoms with Gasteiger partial charge in [-0.2, -0.15) is 0 Å². The molecule has 0 aliphatic carbocycles. The molecule has 16 heavy (non-hydrogen) atoms. The van der Waals surface area contributed by atoms with Crippen LogP contribution in [0, 0.1) is 0 Å². The van der Waals surface area contributed by atoms with Gasteiger partial charge in [0.05, 0.1) is 13.5 Å². The van der Waals surface area contributed by atoms with Gasteiger partial charge < -0.3 is 14.2 Å². The summed E-state index contributed by atoms with van der Waals surface area (Å²) in [5.74, 6) is -1.14. The molecular weight excluding hydrogens is 216 g/mol. The Balaban J connectivity index is 3.90. The monoisotopic (exact) mass is 231 g/mol. The molecule has 0 fully saturated rings. The largest absolute Gasteiger partial charge is 0.469 e. The minimum absolute atomic E-state index is 0.0219. The third kappa shape index (κ3) is 6.00. The average molecular weight is 231 g/mol. The minimum Gasteiger partial charge on any atom is -0.469 e. The van der Waals surface area contributed by atoms with E-state index in [-0.39, 0.29) is 13.0 Å². The van der Waals surface area contributed by atoms with Crippen LogP contribution < -0.4 is 0 Å². The number of hydrogen-bond acceptors (Lipinski definition) is 6. The number of esters is 2. The molecule has 0 amide bonds. The molecule has 0 aromatic rings. The summed E-state index contributed by atoms with van der Waals surface area (Å²) in [5, 5.41) is 0. The van der Waals surface area contributed by atoms with Crippen LogP contribution in [0.5, 0.6) is 0 Å². The normalized spacial score (nSPS) is 11.4. The van der Waals surface area contributed by atoms with Crippen molar-refractivity contribution >= 4 is 18.4 Å². The number of hydrogen-bond donors (Lipinski definition) is 0. The molecule has 0 aliphatic rings. The Kier molecular flexibility index (Phi) is 7.83. The molecule has 1 atom stereocenters. The summed E-state index contributed by atoms with van der Waals surface area (Å²) < 4.78 is 13.5. The van der Waals surface area contributed by atoms with Gasteiger partial charge in [-0.3, -0.25) is 4.79 Å². The molecule has 6 nitrogen and oxygen atoms in total. The molecule has 0 saturated carbocycles. The first-order valence-electron chi connectivity index (χ1n) is 4.91. The average Bonchev–Trinajstić information content (AvgIpc) is 2.28. The van der Waals surface area contributed by atoms with Gasteiger partial charge in [0.1, 0.15) is 6.61 Å². The maximum absolute atomic E-state index is 11.3. The summed E-state index contributed by atoms with van der Waals surface area (Å²) in [6.07, 6.45) is 0.0662. The lowest BCUT2D eigenvalue weighted by atomic mass is 10.2. The Bertz CT molecular complexity index is 237. The van der Waals surface area contributed by atoms with Crippen molar-refractivity contribution in [3.05, 3.63) is 0 Å². The van der Waals surface area contributed by atoms with E-state index in [4.69, 9.17) is 4.74 Å². The van der Waals surface area contributed by atoms with E-state index in [0.29, 0.717) is 12.8 Å². The van der Waals surface area contributed by atoms with Crippen LogP contribution in [0.1, 0.15) is 26.2 Å². The van der Waals surface area contributed by atoms with Crippen molar-refractivity contribution in [2.75, 3.05) is 13.7 Å². The van der Waals surface area contributed by atoms with Crippen molar-refractivity contribution in [2.45, 2.75) is 32.3 Å². The highest BCUT2D eigenvalue weighted by molar-refractivity contribution is 5.76. The Morgan fingerprint density at radius 3 is 2.56 bits per heavy atom. The smallest absolute Gasteiger partial charge is 0.418 e. The summed E-state index contributed by atoms with van der Waals surface area (Å²) in [5.41, 5.74) is 0. The second-order valence-corrected chi connectivity index (χ2v) is 2.97. The van der Waals surface area contributed by atoms with Crippen LogP contribution in [0.15, 0.2) is 0 Å². The van der Waals surface area contributed by atoms with Gasteiger partial charge in [0.25, 0.3) is 0 Å². The maximum atomic E-state index is 11.3. The molecule has 0 saturated heterocycles.